The first kappa shape index (κ1) is 12.9. The molecule has 6 heteroatoms. The van der Waals surface area contributed by atoms with E-state index in [0.717, 1.165) is 16.3 Å². The molecule has 0 radical (unpaired) electrons. The van der Waals surface area contributed by atoms with Crippen molar-refractivity contribution < 1.29 is 13.2 Å². The fraction of sp³-hybridized carbons (Fsp3) is 0.500. The molecule has 0 N–H and O–H groups in total. The molecule has 5 nitrogen and oxygen atoms in total. The van der Waals surface area contributed by atoms with Crippen LogP contribution in [0.4, 0.5) is 0 Å². The van der Waals surface area contributed by atoms with Gasteiger partial charge in [-0.2, -0.15) is 0 Å². The summed E-state index contributed by atoms with van der Waals surface area (Å²) in [4.78, 5) is 4.10. The number of hydrogen-bond acceptors (Lipinski definition) is 4. The van der Waals surface area contributed by atoms with E-state index in [-0.39, 0.29) is 10.8 Å². The molecule has 1 aromatic heterocycles. The smallest absolute Gasteiger partial charge is 0.247 e. The van der Waals surface area contributed by atoms with Gasteiger partial charge in [0.1, 0.15) is 4.90 Å². The molecule has 1 aromatic rings. The summed E-state index contributed by atoms with van der Waals surface area (Å²) in [7, 11) is 0.858. The number of sulfonamides is 1. The lowest BCUT2D eigenvalue weighted by atomic mass is 10.2. The third-order valence-electron chi connectivity index (χ3n) is 2.24. The Morgan fingerprint density at radius 1 is 1.44 bits per heavy atom. The van der Waals surface area contributed by atoms with Gasteiger partial charge in [-0.1, -0.05) is 6.92 Å². The van der Waals surface area contributed by atoms with Gasteiger partial charge in [0.2, 0.25) is 15.9 Å². The zero-order valence-electron chi connectivity index (χ0n) is 9.89. The summed E-state index contributed by atoms with van der Waals surface area (Å²) >= 11 is 0. The van der Waals surface area contributed by atoms with Gasteiger partial charge < -0.3 is 4.74 Å². The number of hydrogen-bond donors (Lipinski definition) is 0. The zero-order valence-corrected chi connectivity index (χ0v) is 10.7. The molecular weight excluding hydrogens is 228 g/mol. The highest BCUT2D eigenvalue weighted by atomic mass is 32.2. The summed E-state index contributed by atoms with van der Waals surface area (Å²) in [5, 5.41) is 0. The lowest BCUT2D eigenvalue weighted by Crippen LogP contribution is -2.23. The minimum absolute atomic E-state index is 0.111. The maximum Gasteiger partial charge on any atom is 0.247 e. The fourth-order valence-electron chi connectivity index (χ4n) is 1.20. The summed E-state index contributed by atoms with van der Waals surface area (Å²) < 4.78 is 30.1. The normalized spacial score (nSPS) is 11.8. The second-order valence-electron chi connectivity index (χ2n) is 3.49. The van der Waals surface area contributed by atoms with Crippen molar-refractivity contribution in [2.75, 3.05) is 21.2 Å². The van der Waals surface area contributed by atoms with Crippen LogP contribution in [0.15, 0.2) is 17.2 Å². The minimum atomic E-state index is -3.51. The largest absolute Gasteiger partial charge is 0.480 e. The summed E-state index contributed by atoms with van der Waals surface area (Å²) in [5.41, 5.74) is 0.862. The number of aromatic nitrogens is 1. The van der Waals surface area contributed by atoms with E-state index in [1.807, 2.05) is 6.92 Å². The van der Waals surface area contributed by atoms with Gasteiger partial charge >= 0.3 is 0 Å². The van der Waals surface area contributed by atoms with Crippen molar-refractivity contribution in [2.24, 2.45) is 0 Å². The van der Waals surface area contributed by atoms with Gasteiger partial charge in [-0.05, 0) is 18.1 Å². The lowest BCUT2D eigenvalue weighted by Gasteiger charge is -2.14. The Labute approximate surface area is 96.1 Å². The summed E-state index contributed by atoms with van der Waals surface area (Å²) in [6.45, 7) is 1.94. The van der Waals surface area contributed by atoms with Crippen LogP contribution in [0.5, 0.6) is 5.88 Å². The molecule has 0 unspecified atom stereocenters. The Kier molecular flexibility index (Phi) is 3.88. The molecular formula is C10H16N2O3S. The average molecular weight is 244 g/mol. The topological polar surface area (TPSA) is 59.5 Å². The highest BCUT2D eigenvalue weighted by Gasteiger charge is 2.23. The van der Waals surface area contributed by atoms with Crippen molar-refractivity contribution in [3.05, 3.63) is 17.8 Å². The van der Waals surface area contributed by atoms with E-state index in [1.165, 1.54) is 21.2 Å². The highest BCUT2D eigenvalue weighted by Crippen LogP contribution is 2.24. The zero-order chi connectivity index (χ0) is 12.3. The van der Waals surface area contributed by atoms with Crippen molar-refractivity contribution >= 4 is 10.0 Å². The van der Waals surface area contributed by atoms with Gasteiger partial charge in [0.25, 0.3) is 0 Å². The Balaban J connectivity index is 3.41. The second kappa shape index (κ2) is 4.80. The van der Waals surface area contributed by atoms with Gasteiger partial charge in [0.15, 0.2) is 0 Å². The van der Waals surface area contributed by atoms with Gasteiger partial charge in [-0.3, -0.25) is 0 Å². The van der Waals surface area contributed by atoms with Gasteiger partial charge in [0, 0.05) is 20.3 Å². The molecule has 0 aliphatic rings. The first-order valence-electron chi connectivity index (χ1n) is 4.89. The molecule has 0 aromatic carbocycles. The average Bonchev–Trinajstić information content (AvgIpc) is 2.27. The molecule has 0 atom stereocenters. The third-order valence-corrected chi connectivity index (χ3v) is 4.04. The monoisotopic (exact) mass is 244 g/mol. The molecule has 0 aliphatic heterocycles. The number of nitrogens with zero attached hydrogens (tertiary/aromatic N) is 2. The van der Waals surface area contributed by atoms with E-state index >= 15 is 0 Å². The predicted molar refractivity (Wildman–Crippen MR) is 61.0 cm³/mol. The minimum Gasteiger partial charge on any atom is -0.480 e. The molecule has 1 rings (SSSR count). The molecule has 90 valence electrons. The Hall–Kier alpha value is -1.14. The van der Waals surface area contributed by atoms with Crippen molar-refractivity contribution in [3.63, 3.8) is 0 Å². The van der Waals surface area contributed by atoms with E-state index in [9.17, 15) is 8.42 Å². The highest BCUT2D eigenvalue weighted by molar-refractivity contribution is 7.89. The van der Waals surface area contributed by atoms with E-state index in [4.69, 9.17) is 4.74 Å². The number of methoxy groups -OCH3 is 1. The van der Waals surface area contributed by atoms with Crippen LogP contribution in [0.25, 0.3) is 0 Å². The van der Waals surface area contributed by atoms with E-state index in [0.29, 0.717) is 0 Å². The summed E-state index contributed by atoms with van der Waals surface area (Å²) in [6, 6.07) is 1.60. The molecule has 0 amide bonds. The summed E-state index contributed by atoms with van der Waals surface area (Å²) in [5.74, 6) is 0.130. The summed E-state index contributed by atoms with van der Waals surface area (Å²) in [6.07, 6.45) is 2.35. The van der Waals surface area contributed by atoms with E-state index < -0.39 is 10.0 Å². The van der Waals surface area contributed by atoms with Gasteiger partial charge in [-0.25, -0.2) is 17.7 Å². The molecule has 0 spiro atoms. The van der Waals surface area contributed by atoms with Crippen LogP contribution in [-0.2, 0) is 16.4 Å². The third kappa shape index (κ3) is 2.33. The molecule has 1 heterocycles. The fourth-order valence-corrected chi connectivity index (χ4v) is 2.25. The first-order valence-corrected chi connectivity index (χ1v) is 6.33. The molecule has 0 aliphatic carbocycles. The molecule has 16 heavy (non-hydrogen) atoms. The van der Waals surface area contributed by atoms with Gasteiger partial charge in [-0.15, -0.1) is 0 Å². The number of aryl methyl sites for hydroxylation is 1. The predicted octanol–water partition coefficient (Wildman–Crippen LogP) is 0.903. The molecule has 0 saturated carbocycles. The van der Waals surface area contributed by atoms with Crippen molar-refractivity contribution in [1.82, 2.24) is 9.29 Å². The van der Waals surface area contributed by atoms with Crippen molar-refractivity contribution in [3.8, 4) is 5.88 Å². The van der Waals surface area contributed by atoms with Crippen LogP contribution in [0.1, 0.15) is 12.5 Å². The Bertz CT molecular complexity index is 469. The van der Waals surface area contributed by atoms with Crippen LogP contribution in [-0.4, -0.2) is 38.9 Å². The molecule has 0 bridgehead atoms. The molecule has 0 fully saturated rings. The van der Waals surface area contributed by atoms with Crippen molar-refractivity contribution in [2.45, 2.75) is 18.2 Å². The Morgan fingerprint density at radius 3 is 2.50 bits per heavy atom. The van der Waals surface area contributed by atoms with E-state index in [2.05, 4.69) is 4.98 Å². The second-order valence-corrected chi connectivity index (χ2v) is 5.61. The maximum atomic E-state index is 12.0. The van der Waals surface area contributed by atoms with Gasteiger partial charge in [0.05, 0.1) is 7.11 Å². The van der Waals surface area contributed by atoms with Crippen LogP contribution in [0.2, 0.25) is 0 Å². The molecule has 0 saturated heterocycles. The number of pyridine rings is 1. The van der Waals surface area contributed by atoms with Crippen LogP contribution >= 0.6 is 0 Å². The maximum absolute atomic E-state index is 12.0. The van der Waals surface area contributed by atoms with Crippen molar-refractivity contribution in [1.29, 1.82) is 0 Å². The quantitative estimate of drug-likeness (QED) is 0.789. The number of rotatable bonds is 4. The van der Waals surface area contributed by atoms with Crippen LogP contribution in [0.3, 0.4) is 0 Å². The standard InChI is InChI=1S/C10H16N2O3S/c1-5-8-6-9(10(15-4)11-7-8)16(13,14)12(2)3/h6-7H,5H2,1-4H3. The lowest BCUT2D eigenvalue weighted by molar-refractivity contribution is 0.382. The first-order chi connectivity index (χ1) is 7.43. The SMILES string of the molecule is CCc1cnc(OC)c(S(=O)(=O)N(C)C)c1. The van der Waals surface area contributed by atoms with Crippen LogP contribution < -0.4 is 4.74 Å². The van der Waals surface area contributed by atoms with E-state index in [1.54, 1.807) is 12.3 Å². The Morgan fingerprint density at radius 2 is 2.06 bits per heavy atom. The number of ether oxygens (including phenoxy) is 1. The van der Waals surface area contributed by atoms with Crippen LogP contribution in [0, 0.1) is 0 Å².